The zero-order valence-corrected chi connectivity index (χ0v) is 9.88. The average Bonchev–Trinajstić information content (AvgIpc) is 2.16. The predicted molar refractivity (Wildman–Crippen MR) is 60.5 cm³/mol. The summed E-state index contributed by atoms with van der Waals surface area (Å²) in [5, 5.41) is 0. The van der Waals surface area contributed by atoms with Crippen LogP contribution in [0.3, 0.4) is 0 Å². The van der Waals surface area contributed by atoms with E-state index in [4.69, 9.17) is 9.47 Å². The molecule has 0 radical (unpaired) electrons. The molecule has 0 rings (SSSR count). The molecule has 0 aromatic carbocycles. The molecule has 0 unspecified atom stereocenters. The Hall–Kier alpha value is -0.990. The Morgan fingerprint density at radius 2 is 1.80 bits per heavy atom. The third-order valence-corrected chi connectivity index (χ3v) is 1.93. The van der Waals surface area contributed by atoms with Crippen LogP contribution in [0, 0.1) is 0 Å². The van der Waals surface area contributed by atoms with Crippen LogP contribution in [0.1, 0.15) is 46.0 Å². The number of carbonyl (C=O) groups is 1. The van der Waals surface area contributed by atoms with E-state index in [2.05, 4.69) is 6.58 Å². The largest absolute Gasteiger partial charge is 0.499 e. The molecule has 0 amide bonds. The van der Waals surface area contributed by atoms with Gasteiger partial charge in [0.1, 0.15) is 0 Å². The molecule has 0 spiro atoms. The molecule has 0 aliphatic heterocycles. The van der Waals surface area contributed by atoms with Crippen LogP contribution in [0.2, 0.25) is 0 Å². The van der Waals surface area contributed by atoms with Gasteiger partial charge in [-0.1, -0.05) is 19.4 Å². The van der Waals surface area contributed by atoms with Crippen LogP contribution in [0.5, 0.6) is 0 Å². The second-order valence-electron chi connectivity index (χ2n) is 3.52. The van der Waals surface area contributed by atoms with Crippen molar-refractivity contribution in [1.29, 1.82) is 0 Å². The van der Waals surface area contributed by atoms with E-state index in [0.29, 0.717) is 13.0 Å². The number of allylic oxidation sites excluding steroid dienone is 1. The Bertz CT molecular complexity index is 187. The lowest BCUT2D eigenvalue weighted by atomic mass is 10.1. The fraction of sp³-hybridized carbons (Fsp3) is 0.750. The van der Waals surface area contributed by atoms with Crippen molar-refractivity contribution in [3.63, 3.8) is 0 Å². The lowest BCUT2D eigenvalue weighted by Crippen LogP contribution is -2.03. The maximum absolute atomic E-state index is 11.0. The van der Waals surface area contributed by atoms with Crippen molar-refractivity contribution in [2.24, 2.45) is 0 Å². The summed E-state index contributed by atoms with van der Waals surface area (Å²) in [7, 11) is 0. The molecule has 0 saturated heterocycles. The lowest BCUT2D eigenvalue weighted by Gasteiger charge is -2.04. The Morgan fingerprint density at radius 3 is 2.40 bits per heavy atom. The molecule has 0 bridgehead atoms. The van der Waals surface area contributed by atoms with E-state index < -0.39 is 0 Å². The number of unbranched alkanes of at least 4 members (excludes halogenated alkanes) is 3. The number of hydrogen-bond acceptors (Lipinski definition) is 3. The van der Waals surface area contributed by atoms with Gasteiger partial charge < -0.3 is 9.47 Å². The number of ether oxygens (including phenoxy) is 2. The molecule has 15 heavy (non-hydrogen) atoms. The van der Waals surface area contributed by atoms with Gasteiger partial charge in [0, 0.05) is 6.42 Å². The van der Waals surface area contributed by atoms with Crippen molar-refractivity contribution in [2.45, 2.75) is 46.0 Å². The number of hydrogen-bond donors (Lipinski definition) is 0. The van der Waals surface area contributed by atoms with Gasteiger partial charge in [-0.15, -0.1) is 0 Å². The fourth-order valence-electron chi connectivity index (χ4n) is 1.20. The van der Waals surface area contributed by atoms with Crippen molar-refractivity contribution in [3.8, 4) is 0 Å². The maximum Gasteiger partial charge on any atom is 0.305 e. The van der Waals surface area contributed by atoms with E-state index in [1.165, 1.54) is 0 Å². The SMILES string of the molecule is C=C(C)OCCCCCCC(=O)OCC. The van der Waals surface area contributed by atoms with Crippen LogP contribution >= 0.6 is 0 Å². The molecule has 0 heterocycles. The molecule has 0 saturated carbocycles. The van der Waals surface area contributed by atoms with Gasteiger partial charge in [0.05, 0.1) is 19.0 Å². The molecule has 0 aromatic rings. The summed E-state index contributed by atoms with van der Waals surface area (Å²) in [6.45, 7) is 8.53. The Morgan fingerprint density at radius 1 is 1.13 bits per heavy atom. The molecule has 0 N–H and O–H groups in total. The first-order chi connectivity index (χ1) is 7.16. The summed E-state index contributed by atoms with van der Waals surface area (Å²) in [5.41, 5.74) is 0. The minimum absolute atomic E-state index is 0.0873. The Labute approximate surface area is 92.5 Å². The molecular formula is C12H22O3. The normalized spacial score (nSPS) is 9.73. The summed E-state index contributed by atoms with van der Waals surface area (Å²) < 4.78 is 10.0. The van der Waals surface area contributed by atoms with Crippen LogP contribution in [0.15, 0.2) is 12.3 Å². The average molecular weight is 214 g/mol. The van der Waals surface area contributed by atoms with Crippen molar-refractivity contribution in [1.82, 2.24) is 0 Å². The summed E-state index contributed by atoms with van der Waals surface area (Å²) in [6, 6.07) is 0. The van der Waals surface area contributed by atoms with E-state index >= 15 is 0 Å². The third-order valence-electron chi connectivity index (χ3n) is 1.93. The highest BCUT2D eigenvalue weighted by atomic mass is 16.5. The summed E-state index contributed by atoms with van der Waals surface area (Å²) in [4.78, 5) is 11.0. The third kappa shape index (κ3) is 10.9. The highest BCUT2D eigenvalue weighted by Gasteiger charge is 2.00. The van der Waals surface area contributed by atoms with Gasteiger partial charge in [-0.05, 0) is 26.7 Å². The van der Waals surface area contributed by atoms with Gasteiger partial charge in [0.25, 0.3) is 0 Å². The van der Waals surface area contributed by atoms with Crippen LogP contribution < -0.4 is 0 Å². The van der Waals surface area contributed by atoms with Crippen LogP contribution in [0.25, 0.3) is 0 Å². The van der Waals surface area contributed by atoms with Crippen LogP contribution in [-0.4, -0.2) is 19.2 Å². The molecule has 0 aliphatic carbocycles. The topological polar surface area (TPSA) is 35.5 Å². The second kappa shape index (κ2) is 9.56. The maximum atomic E-state index is 11.0. The molecule has 3 nitrogen and oxygen atoms in total. The van der Waals surface area contributed by atoms with E-state index in [9.17, 15) is 4.79 Å². The summed E-state index contributed by atoms with van der Waals surface area (Å²) in [5.74, 6) is 0.678. The number of carbonyl (C=O) groups excluding carboxylic acids is 1. The van der Waals surface area contributed by atoms with Crippen molar-refractivity contribution >= 4 is 5.97 Å². The molecule has 0 aliphatic rings. The molecular weight excluding hydrogens is 192 g/mol. The second-order valence-corrected chi connectivity index (χ2v) is 3.52. The molecule has 0 atom stereocenters. The van der Waals surface area contributed by atoms with Gasteiger partial charge in [-0.2, -0.15) is 0 Å². The minimum Gasteiger partial charge on any atom is -0.499 e. The van der Waals surface area contributed by atoms with E-state index in [1.54, 1.807) is 0 Å². The smallest absolute Gasteiger partial charge is 0.305 e. The van der Waals surface area contributed by atoms with Crippen molar-refractivity contribution in [2.75, 3.05) is 13.2 Å². The van der Waals surface area contributed by atoms with E-state index in [1.807, 2.05) is 13.8 Å². The van der Waals surface area contributed by atoms with Gasteiger partial charge in [0.15, 0.2) is 0 Å². The van der Waals surface area contributed by atoms with Crippen LogP contribution in [0.4, 0.5) is 0 Å². The van der Waals surface area contributed by atoms with E-state index in [0.717, 1.165) is 38.0 Å². The van der Waals surface area contributed by atoms with Crippen LogP contribution in [-0.2, 0) is 14.3 Å². The predicted octanol–water partition coefficient (Wildman–Crippen LogP) is 3.05. The van der Waals surface area contributed by atoms with Gasteiger partial charge >= 0.3 is 5.97 Å². The fourth-order valence-corrected chi connectivity index (χ4v) is 1.20. The first-order valence-electron chi connectivity index (χ1n) is 5.60. The zero-order chi connectivity index (χ0) is 11.5. The number of rotatable bonds is 9. The van der Waals surface area contributed by atoms with Gasteiger partial charge in [-0.25, -0.2) is 0 Å². The molecule has 3 heteroatoms. The van der Waals surface area contributed by atoms with Crippen molar-refractivity contribution in [3.05, 3.63) is 12.3 Å². The van der Waals surface area contributed by atoms with Gasteiger partial charge in [0.2, 0.25) is 0 Å². The summed E-state index contributed by atoms with van der Waals surface area (Å²) in [6.07, 6.45) is 4.61. The Balaban J connectivity index is 3.11. The Kier molecular flexibility index (Phi) is 8.93. The minimum atomic E-state index is -0.0873. The quantitative estimate of drug-likeness (QED) is 0.336. The standard InChI is InChI=1S/C12H22O3/c1-4-14-12(13)9-7-5-6-8-10-15-11(2)3/h2,4-10H2,1,3H3. The monoisotopic (exact) mass is 214 g/mol. The van der Waals surface area contributed by atoms with E-state index in [-0.39, 0.29) is 5.97 Å². The zero-order valence-electron chi connectivity index (χ0n) is 9.88. The lowest BCUT2D eigenvalue weighted by molar-refractivity contribution is -0.143. The number of esters is 1. The molecule has 0 aromatic heterocycles. The summed E-state index contributed by atoms with van der Waals surface area (Å²) >= 11 is 0. The van der Waals surface area contributed by atoms with Gasteiger partial charge in [-0.3, -0.25) is 4.79 Å². The highest BCUT2D eigenvalue weighted by molar-refractivity contribution is 5.69. The van der Waals surface area contributed by atoms with Crippen molar-refractivity contribution < 1.29 is 14.3 Å². The molecule has 0 fully saturated rings. The highest BCUT2D eigenvalue weighted by Crippen LogP contribution is 2.05. The first-order valence-corrected chi connectivity index (χ1v) is 5.60. The molecule has 88 valence electrons. The first kappa shape index (κ1) is 14.0.